The Morgan fingerprint density at radius 1 is 1.20 bits per heavy atom. The van der Waals surface area contributed by atoms with E-state index in [1.54, 1.807) is 23.0 Å². The molecule has 7 heteroatoms. The number of hydrogen-bond acceptors (Lipinski definition) is 5. The van der Waals surface area contributed by atoms with Gasteiger partial charge in [-0.25, -0.2) is 4.98 Å². The first-order valence-corrected chi connectivity index (χ1v) is 11.6. The highest BCUT2D eigenvalue weighted by Gasteiger charge is 2.24. The van der Waals surface area contributed by atoms with E-state index in [1.807, 2.05) is 36.1 Å². The summed E-state index contributed by atoms with van der Waals surface area (Å²) in [5.74, 6) is 1.06. The van der Waals surface area contributed by atoms with Crippen LogP contribution in [-0.2, 0) is 11.3 Å². The second-order valence-corrected chi connectivity index (χ2v) is 8.58. The van der Waals surface area contributed by atoms with E-state index >= 15 is 0 Å². The van der Waals surface area contributed by atoms with Gasteiger partial charge in [0, 0.05) is 12.6 Å². The third-order valence-corrected chi connectivity index (χ3v) is 6.68. The van der Waals surface area contributed by atoms with E-state index in [-0.39, 0.29) is 17.2 Å². The number of thioether (sulfide) groups is 1. The van der Waals surface area contributed by atoms with Crippen LogP contribution in [0.2, 0.25) is 0 Å². The Labute approximate surface area is 180 Å². The molecule has 0 N–H and O–H groups in total. The molecule has 1 aliphatic carbocycles. The fourth-order valence-electron chi connectivity index (χ4n) is 4.20. The van der Waals surface area contributed by atoms with Crippen LogP contribution < -0.4 is 5.56 Å². The summed E-state index contributed by atoms with van der Waals surface area (Å²) in [7, 11) is 0. The molecule has 0 spiro atoms. The maximum atomic E-state index is 13.1. The first-order valence-electron chi connectivity index (χ1n) is 10.6. The van der Waals surface area contributed by atoms with Gasteiger partial charge in [-0.3, -0.25) is 14.2 Å². The zero-order valence-electron chi connectivity index (χ0n) is 17.3. The maximum Gasteiger partial charge on any atom is 0.262 e. The van der Waals surface area contributed by atoms with Gasteiger partial charge in [0.2, 0.25) is 5.91 Å². The van der Waals surface area contributed by atoms with Crippen LogP contribution in [0.5, 0.6) is 0 Å². The highest BCUT2D eigenvalue weighted by Crippen LogP contribution is 2.25. The fourth-order valence-corrected chi connectivity index (χ4v) is 5.08. The highest BCUT2D eigenvalue weighted by molar-refractivity contribution is 7.99. The minimum Gasteiger partial charge on any atom is -0.467 e. The van der Waals surface area contributed by atoms with Gasteiger partial charge in [-0.05, 0) is 44.0 Å². The molecule has 3 aromatic rings. The molecule has 2 heterocycles. The van der Waals surface area contributed by atoms with Gasteiger partial charge < -0.3 is 9.32 Å². The minimum atomic E-state index is -0.119. The first kappa shape index (κ1) is 20.7. The van der Waals surface area contributed by atoms with Crippen LogP contribution in [0.4, 0.5) is 0 Å². The molecule has 6 nitrogen and oxygen atoms in total. The van der Waals surface area contributed by atoms with Gasteiger partial charge in [0.15, 0.2) is 5.16 Å². The Morgan fingerprint density at radius 3 is 2.73 bits per heavy atom. The van der Waals surface area contributed by atoms with Crippen LogP contribution in [-0.4, -0.2) is 38.7 Å². The molecule has 0 radical (unpaired) electrons. The van der Waals surface area contributed by atoms with Crippen molar-refractivity contribution >= 4 is 28.6 Å². The number of rotatable bonds is 7. The van der Waals surface area contributed by atoms with Crippen LogP contribution in [0.25, 0.3) is 10.9 Å². The number of fused-ring (bicyclic) bond motifs is 1. The van der Waals surface area contributed by atoms with Gasteiger partial charge in [-0.1, -0.05) is 43.2 Å². The van der Waals surface area contributed by atoms with E-state index < -0.39 is 0 Å². The molecule has 0 saturated heterocycles. The minimum absolute atomic E-state index is 0.112. The zero-order valence-corrected chi connectivity index (χ0v) is 18.1. The van der Waals surface area contributed by atoms with E-state index in [0.29, 0.717) is 41.0 Å². The molecule has 4 rings (SSSR count). The van der Waals surface area contributed by atoms with Gasteiger partial charge in [-0.15, -0.1) is 0 Å². The van der Waals surface area contributed by atoms with E-state index in [0.717, 1.165) is 12.8 Å². The molecule has 0 unspecified atom stereocenters. The van der Waals surface area contributed by atoms with Crippen molar-refractivity contribution in [1.82, 2.24) is 14.5 Å². The van der Waals surface area contributed by atoms with Crippen molar-refractivity contribution in [2.24, 2.45) is 0 Å². The summed E-state index contributed by atoms with van der Waals surface area (Å²) < 4.78 is 7.06. The van der Waals surface area contributed by atoms with Crippen LogP contribution in [0.1, 0.15) is 44.8 Å². The molecule has 158 valence electrons. The number of amides is 1. The molecule has 1 amide bonds. The number of nitrogens with zero attached hydrogens (tertiary/aromatic N) is 3. The summed E-state index contributed by atoms with van der Waals surface area (Å²) in [5, 5.41) is 1.11. The Hall–Kier alpha value is -2.54. The summed E-state index contributed by atoms with van der Waals surface area (Å²) in [6, 6.07) is 11.3. The standard InChI is InChI=1S/C23H27N3O3S/c1-2-25(17-9-4-3-5-10-17)21(27)16-30-23-24-20-13-7-6-12-19(20)22(28)26(23)15-18-11-8-14-29-18/h6-8,11-14,17H,2-5,9-10,15-16H2,1H3. The maximum absolute atomic E-state index is 13.1. The largest absolute Gasteiger partial charge is 0.467 e. The second kappa shape index (κ2) is 9.51. The predicted molar refractivity (Wildman–Crippen MR) is 119 cm³/mol. The average Bonchev–Trinajstić information content (AvgIpc) is 3.29. The fraction of sp³-hybridized carbons (Fsp3) is 0.435. The summed E-state index contributed by atoms with van der Waals surface area (Å²) in [6.45, 7) is 3.05. The van der Waals surface area contributed by atoms with Crippen molar-refractivity contribution in [2.45, 2.75) is 56.8 Å². The Balaban J connectivity index is 1.59. The van der Waals surface area contributed by atoms with Crippen molar-refractivity contribution in [3.63, 3.8) is 0 Å². The topological polar surface area (TPSA) is 68.3 Å². The molecular weight excluding hydrogens is 398 g/mol. The quantitative estimate of drug-likeness (QED) is 0.417. The smallest absolute Gasteiger partial charge is 0.262 e. The number of benzene rings is 1. The third-order valence-electron chi connectivity index (χ3n) is 5.72. The number of carbonyl (C=O) groups is 1. The monoisotopic (exact) mass is 425 g/mol. The molecule has 0 atom stereocenters. The summed E-state index contributed by atoms with van der Waals surface area (Å²) >= 11 is 1.33. The molecular formula is C23H27N3O3S. The molecule has 1 aromatic carbocycles. The van der Waals surface area contributed by atoms with Crippen molar-refractivity contribution in [3.05, 3.63) is 58.8 Å². The van der Waals surface area contributed by atoms with Gasteiger partial charge in [0.1, 0.15) is 5.76 Å². The number of aromatic nitrogens is 2. The molecule has 0 bridgehead atoms. The molecule has 30 heavy (non-hydrogen) atoms. The molecule has 2 aromatic heterocycles. The molecule has 1 aliphatic rings. The number of hydrogen-bond donors (Lipinski definition) is 0. The molecule has 1 saturated carbocycles. The van der Waals surface area contributed by atoms with Crippen LogP contribution >= 0.6 is 11.8 Å². The van der Waals surface area contributed by atoms with Crippen LogP contribution in [0.15, 0.2) is 57.0 Å². The van der Waals surface area contributed by atoms with Crippen LogP contribution in [0.3, 0.4) is 0 Å². The Morgan fingerprint density at radius 2 is 2.00 bits per heavy atom. The Bertz CT molecular complexity index is 1060. The lowest BCUT2D eigenvalue weighted by Gasteiger charge is -2.33. The van der Waals surface area contributed by atoms with E-state index in [9.17, 15) is 9.59 Å². The number of furan rings is 1. The van der Waals surface area contributed by atoms with Crippen molar-refractivity contribution in [3.8, 4) is 0 Å². The average molecular weight is 426 g/mol. The highest BCUT2D eigenvalue weighted by atomic mass is 32.2. The van der Waals surface area contributed by atoms with Crippen LogP contribution in [0, 0.1) is 0 Å². The van der Waals surface area contributed by atoms with Gasteiger partial charge in [-0.2, -0.15) is 0 Å². The van der Waals surface area contributed by atoms with Crippen molar-refractivity contribution in [1.29, 1.82) is 0 Å². The molecule has 0 aliphatic heterocycles. The zero-order chi connectivity index (χ0) is 20.9. The number of para-hydroxylation sites is 1. The normalized spacial score (nSPS) is 14.8. The summed E-state index contributed by atoms with van der Waals surface area (Å²) in [6.07, 6.45) is 7.40. The van der Waals surface area contributed by atoms with Crippen molar-refractivity contribution in [2.75, 3.05) is 12.3 Å². The third kappa shape index (κ3) is 4.46. The predicted octanol–water partition coefficient (Wildman–Crippen LogP) is 4.31. The number of carbonyl (C=O) groups excluding carboxylic acids is 1. The van der Waals surface area contributed by atoms with Gasteiger partial charge in [0.25, 0.3) is 5.56 Å². The summed E-state index contributed by atoms with van der Waals surface area (Å²) in [5.41, 5.74) is 0.527. The van der Waals surface area contributed by atoms with Gasteiger partial charge >= 0.3 is 0 Å². The first-order chi connectivity index (χ1) is 14.7. The molecule has 1 fully saturated rings. The van der Waals surface area contributed by atoms with E-state index in [1.165, 1.54) is 31.0 Å². The van der Waals surface area contributed by atoms with Gasteiger partial charge in [0.05, 0.1) is 29.5 Å². The van der Waals surface area contributed by atoms with Crippen molar-refractivity contribution < 1.29 is 9.21 Å². The lowest BCUT2D eigenvalue weighted by molar-refractivity contribution is -0.131. The second-order valence-electron chi connectivity index (χ2n) is 7.64. The lowest BCUT2D eigenvalue weighted by atomic mass is 9.94. The Kier molecular flexibility index (Phi) is 6.57. The van der Waals surface area contributed by atoms with E-state index in [2.05, 4.69) is 0 Å². The van der Waals surface area contributed by atoms with E-state index in [4.69, 9.17) is 9.40 Å². The lowest BCUT2D eigenvalue weighted by Crippen LogP contribution is -2.42. The SMILES string of the molecule is CCN(C(=O)CSc1nc2ccccc2c(=O)n1Cc1ccco1)C1CCCCC1. The summed E-state index contributed by atoms with van der Waals surface area (Å²) in [4.78, 5) is 32.8.